The van der Waals surface area contributed by atoms with E-state index in [4.69, 9.17) is 0 Å². The molecular weight excluding hydrogens is 344 g/mol. The Morgan fingerprint density at radius 1 is 1.15 bits per heavy atom. The molecule has 0 saturated carbocycles. The number of carbonyl (C=O) groups excluding carboxylic acids is 1. The Kier molecular flexibility index (Phi) is 4.33. The lowest BCUT2D eigenvalue weighted by Gasteiger charge is -2.44. The fourth-order valence-corrected chi connectivity index (χ4v) is 5.71. The molecular formula is C20H26N4OS. The number of thiophene rings is 1. The Balaban J connectivity index is 1.37. The molecule has 6 heterocycles. The third-order valence-corrected chi connectivity index (χ3v) is 7.26. The lowest BCUT2D eigenvalue weighted by Crippen LogP contribution is -2.57. The van der Waals surface area contributed by atoms with Crippen LogP contribution < -0.4 is 10.2 Å². The van der Waals surface area contributed by atoms with Crippen LogP contribution in [-0.4, -0.2) is 54.6 Å². The van der Waals surface area contributed by atoms with Crippen molar-refractivity contribution < 1.29 is 4.79 Å². The highest BCUT2D eigenvalue weighted by Crippen LogP contribution is 2.34. The van der Waals surface area contributed by atoms with Gasteiger partial charge in [-0.05, 0) is 57.2 Å². The van der Waals surface area contributed by atoms with E-state index in [-0.39, 0.29) is 11.9 Å². The standard InChI is InChI=1S/C20H26N4OS/c25-20(22-17-12-23-8-4-14(17)5-9-23)16-10-15-18(13-26-19(15)11-21-16)24-6-2-1-3-7-24/h10-11,13-14,17H,1-9,12H2,(H,22,25)/t17-/m0/s1. The first-order valence-corrected chi connectivity index (χ1v) is 10.8. The molecule has 1 N–H and O–H groups in total. The smallest absolute Gasteiger partial charge is 0.270 e. The van der Waals surface area contributed by atoms with Crippen molar-refractivity contribution in [1.82, 2.24) is 15.2 Å². The highest BCUT2D eigenvalue weighted by Gasteiger charge is 2.35. The van der Waals surface area contributed by atoms with Crippen molar-refractivity contribution in [3.63, 3.8) is 0 Å². The van der Waals surface area contributed by atoms with Crippen LogP contribution in [0.5, 0.6) is 0 Å². The minimum atomic E-state index is -0.0126. The maximum absolute atomic E-state index is 12.8. The summed E-state index contributed by atoms with van der Waals surface area (Å²) in [6.07, 6.45) is 8.14. The van der Waals surface area contributed by atoms with Gasteiger partial charge in [0.25, 0.3) is 5.91 Å². The Labute approximate surface area is 158 Å². The molecule has 26 heavy (non-hydrogen) atoms. The summed E-state index contributed by atoms with van der Waals surface area (Å²) in [6, 6.07) is 2.29. The Bertz CT molecular complexity index is 805. The summed E-state index contributed by atoms with van der Waals surface area (Å²) in [5, 5.41) is 6.68. The largest absolute Gasteiger partial charge is 0.370 e. The number of fused-ring (bicyclic) bond motifs is 4. The normalized spacial score (nSPS) is 28.5. The number of aromatic nitrogens is 1. The van der Waals surface area contributed by atoms with E-state index in [0.717, 1.165) is 19.6 Å². The molecule has 1 atom stereocenters. The molecule has 4 fully saturated rings. The lowest BCUT2D eigenvalue weighted by molar-refractivity contribution is 0.0618. The zero-order valence-corrected chi connectivity index (χ0v) is 15.9. The van der Waals surface area contributed by atoms with Gasteiger partial charge in [0.05, 0.1) is 10.4 Å². The van der Waals surface area contributed by atoms with Crippen LogP contribution in [-0.2, 0) is 0 Å². The topological polar surface area (TPSA) is 48.5 Å². The van der Waals surface area contributed by atoms with Gasteiger partial charge >= 0.3 is 0 Å². The van der Waals surface area contributed by atoms with E-state index in [1.165, 1.54) is 61.0 Å². The fraction of sp³-hybridized carbons (Fsp3) is 0.600. The molecule has 2 aromatic rings. The number of hydrogen-bond donors (Lipinski definition) is 1. The molecule has 4 aliphatic heterocycles. The summed E-state index contributed by atoms with van der Waals surface area (Å²) in [7, 11) is 0. The Hall–Kier alpha value is -1.66. The van der Waals surface area contributed by atoms with Crippen LogP contribution in [0.3, 0.4) is 0 Å². The van der Waals surface area contributed by atoms with Gasteiger partial charge in [-0.15, -0.1) is 11.3 Å². The fourth-order valence-electron chi connectivity index (χ4n) is 4.79. The second-order valence-corrected chi connectivity index (χ2v) is 8.86. The molecule has 4 saturated heterocycles. The van der Waals surface area contributed by atoms with Gasteiger partial charge < -0.3 is 15.1 Å². The van der Waals surface area contributed by atoms with Gasteiger partial charge in [-0.25, -0.2) is 4.98 Å². The van der Waals surface area contributed by atoms with E-state index < -0.39 is 0 Å². The second kappa shape index (κ2) is 6.82. The summed E-state index contributed by atoms with van der Waals surface area (Å²) >= 11 is 1.73. The minimum absolute atomic E-state index is 0.0126. The van der Waals surface area contributed by atoms with Crippen LogP contribution in [0, 0.1) is 5.92 Å². The minimum Gasteiger partial charge on any atom is -0.370 e. The van der Waals surface area contributed by atoms with Gasteiger partial charge in [-0.2, -0.15) is 0 Å². The van der Waals surface area contributed by atoms with Crippen LogP contribution in [0.4, 0.5) is 5.69 Å². The number of nitrogens with zero attached hydrogens (tertiary/aromatic N) is 3. The summed E-state index contributed by atoms with van der Waals surface area (Å²) < 4.78 is 1.17. The van der Waals surface area contributed by atoms with E-state index in [0.29, 0.717) is 11.6 Å². The second-order valence-electron chi connectivity index (χ2n) is 7.95. The highest BCUT2D eigenvalue weighted by molar-refractivity contribution is 7.17. The van der Waals surface area contributed by atoms with Crippen molar-refractivity contribution in [3.05, 3.63) is 23.3 Å². The van der Waals surface area contributed by atoms with Gasteiger partial charge in [0.2, 0.25) is 0 Å². The number of hydrogen-bond acceptors (Lipinski definition) is 5. The average Bonchev–Trinajstić information content (AvgIpc) is 3.13. The molecule has 0 spiro atoms. The molecule has 0 unspecified atom stereocenters. The zero-order valence-electron chi connectivity index (χ0n) is 15.1. The predicted molar refractivity (Wildman–Crippen MR) is 106 cm³/mol. The number of piperidine rings is 4. The maximum atomic E-state index is 12.8. The van der Waals surface area contributed by atoms with Crippen LogP contribution in [0.1, 0.15) is 42.6 Å². The van der Waals surface area contributed by atoms with Crippen molar-refractivity contribution in [2.24, 2.45) is 5.92 Å². The number of nitrogens with one attached hydrogen (secondary N) is 1. The van der Waals surface area contributed by atoms with Gasteiger partial charge in [-0.1, -0.05) is 0 Å². The number of anilines is 1. The van der Waals surface area contributed by atoms with E-state index >= 15 is 0 Å². The number of pyridine rings is 1. The molecule has 2 aromatic heterocycles. The van der Waals surface area contributed by atoms with Crippen molar-refractivity contribution in [2.45, 2.75) is 38.1 Å². The Morgan fingerprint density at radius 2 is 1.96 bits per heavy atom. The van der Waals surface area contributed by atoms with Crippen LogP contribution in [0.15, 0.2) is 17.6 Å². The highest BCUT2D eigenvalue weighted by atomic mass is 32.1. The first-order valence-electron chi connectivity index (χ1n) is 9.93. The third-order valence-electron chi connectivity index (χ3n) is 6.34. The van der Waals surface area contributed by atoms with Crippen LogP contribution in [0.25, 0.3) is 10.1 Å². The molecule has 1 amide bonds. The van der Waals surface area contributed by atoms with E-state index in [1.54, 1.807) is 11.3 Å². The average molecular weight is 371 g/mol. The summed E-state index contributed by atoms with van der Waals surface area (Å²) in [5.41, 5.74) is 1.84. The van der Waals surface area contributed by atoms with Gasteiger partial charge in [0.15, 0.2) is 0 Å². The predicted octanol–water partition coefficient (Wildman–Crippen LogP) is 3.11. The molecule has 0 aromatic carbocycles. The van der Waals surface area contributed by atoms with Gasteiger partial charge in [-0.3, -0.25) is 4.79 Å². The van der Waals surface area contributed by atoms with E-state index in [9.17, 15) is 4.79 Å². The SMILES string of the molecule is O=C(N[C@H]1CN2CCC1CC2)c1cc2c(N3CCCCC3)csc2cn1. The molecule has 0 radical (unpaired) electrons. The number of amides is 1. The monoisotopic (exact) mass is 370 g/mol. The third kappa shape index (κ3) is 2.99. The van der Waals surface area contributed by atoms with Crippen LogP contribution in [0.2, 0.25) is 0 Å². The van der Waals surface area contributed by atoms with Crippen molar-refractivity contribution in [2.75, 3.05) is 37.6 Å². The summed E-state index contributed by atoms with van der Waals surface area (Å²) in [6.45, 7) is 5.62. The Morgan fingerprint density at radius 3 is 2.69 bits per heavy atom. The van der Waals surface area contributed by atoms with Crippen molar-refractivity contribution in [1.29, 1.82) is 0 Å². The molecule has 138 valence electrons. The first kappa shape index (κ1) is 16.5. The van der Waals surface area contributed by atoms with Gasteiger partial charge in [0, 0.05) is 42.6 Å². The lowest BCUT2D eigenvalue weighted by atomic mass is 9.84. The van der Waals surface area contributed by atoms with E-state index in [1.807, 2.05) is 12.3 Å². The first-order chi connectivity index (χ1) is 12.8. The van der Waals surface area contributed by atoms with E-state index in [2.05, 4.69) is 25.5 Å². The molecule has 2 bridgehead atoms. The maximum Gasteiger partial charge on any atom is 0.270 e. The number of rotatable bonds is 3. The molecule has 6 rings (SSSR count). The molecule has 5 nitrogen and oxygen atoms in total. The summed E-state index contributed by atoms with van der Waals surface area (Å²) in [4.78, 5) is 22.2. The number of carbonyl (C=O) groups is 1. The quantitative estimate of drug-likeness (QED) is 0.902. The zero-order chi connectivity index (χ0) is 17.5. The van der Waals surface area contributed by atoms with Crippen molar-refractivity contribution in [3.8, 4) is 0 Å². The summed E-state index contributed by atoms with van der Waals surface area (Å²) in [5.74, 6) is 0.624. The van der Waals surface area contributed by atoms with Crippen molar-refractivity contribution >= 4 is 33.0 Å². The van der Waals surface area contributed by atoms with Crippen LogP contribution >= 0.6 is 11.3 Å². The molecule has 4 aliphatic rings. The van der Waals surface area contributed by atoms with Gasteiger partial charge in [0.1, 0.15) is 5.69 Å². The molecule has 0 aliphatic carbocycles. The molecule has 6 heteroatoms.